The van der Waals surface area contributed by atoms with Gasteiger partial charge in [-0.3, -0.25) is 4.99 Å². The lowest BCUT2D eigenvalue weighted by Crippen LogP contribution is -1.96. The summed E-state index contributed by atoms with van der Waals surface area (Å²) in [5.74, 6) is 0.476. The third-order valence-corrected chi connectivity index (χ3v) is 4.01. The molecular formula is C22H32N6O. The Bertz CT molecular complexity index is 831. The van der Waals surface area contributed by atoms with Crippen molar-refractivity contribution in [1.29, 1.82) is 0 Å². The van der Waals surface area contributed by atoms with Crippen LogP contribution in [0.15, 0.2) is 52.7 Å². The number of aliphatic imine (C=N–C) groups is 1. The Morgan fingerprint density at radius 1 is 1.10 bits per heavy atom. The van der Waals surface area contributed by atoms with Gasteiger partial charge in [0.15, 0.2) is 0 Å². The summed E-state index contributed by atoms with van der Waals surface area (Å²) in [4.78, 5) is 8.90. The summed E-state index contributed by atoms with van der Waals surface area (Å²) in [7, 11) is 3.06. The van der Waals surface area contributed by atoms with Gasteiger partial charge in [-0.25, -0.2) is 4.98 Å². The SMILES string of the molecule is CC(C)=C1CC1.CCc1nc(-c2ccc(OC)nn2)ccc1N=C/C=C\N.CN. The monoisotopic (exact) mass is 396 g/mol. The molecular weight excluding hydrogens is 364 g/mol. The Morgan fingerprint density at radius 3 is 2.24 bits per heavy atom. The van der Waals surface area contributed by atoms with E-state index in [-0.39, 0.29) is 0 Å². The van der Waals surface area contributed by atoms with Gasteiger partial charge < -0.3 is 16.2 Å². The maximum atomic E-state index is 5.27. The highest BCUT2D eigenvalue weighted by Crippen LogP contribution is 2.30. The quantitative estimate of drug-likeness (QED) is 0.584. The summed E-state index contributed by atoms with van der Waals surface area (Å²) < 4.78 is 4.99. The Hall–Kier alpha value is -3.06. The van der Waals surface area contributed by atoms with E-state index in [0.29, 0.717) is 11.6 Å². The number of ether oxygens (including phenoxy) is 1. The van der Waals surface area contributed by atoms with Gasteiger partial charge >= 0.3 is 0 Å². The van der Waals surface area contributed by atoms with Crippen LogP contribution in [-0.2, 0) is 6.42 Å². The zero-order valence-electron chi connectivity index (χ0n) is 18.0. The molecule has 2 aromatic rings. The molecule has 0 radical (unpaired) electrons. The smallest absolute Gasteiger partial charge is 0.233 e. The van der Waals surface area contributed by atoms with Crippen LogP contribution >= 0.6 is 0 Å². The van der Waals surface area contributed by atoms with E-state index in [2.05, 4.69) is 39.8 Å². The van der Waals surface area contributed by atoms with Crippen LogP contribution in [0.1, 0.15) is 39.3 Å². The van der Waals surface area contributed by atoms with Crippen LogP contribution in [0, 0.1) is 0 Å². The number of allylic oxidation sites excluding steroid dienone is 3. The normalized spacial score (nSPS) is 12.1. The highest BCUT2D eigenvalue weighted by Gasteiger charge is 2.11. The zero-order valence-corrected chi connectivity index (χ0v) is 18.0. The van der Waals surface area contributed by atoms with E-state index in [4.69, 9.17) is 10.5 Å². The van der Waals surface area contributed by atoms with Crippen molar-refractivity contribution in [2.24, 2.45) is 16.5 Å². The number of hydrogen-bond acceptors (Lipinski definition) is 7. The predicted molar refractivity (Wildman–Crippen MR) is 120 cm³/mol. The molecule has 0 saturated heterocycles. The maximum absolute atomic E-state index is 5.27. The molecule has 0 bridgehead atoms. The summed E-state index contributed by atoms with van der Waals surface area (Å²) in [5, 5.41) is 8.04. The minimum Gasteiger partial charge on any atom is -0.480 e. The first kappa shape index (κ1) is 24.0. The number of aryl methyl sites for hydroxylation is 1. The fourth-order valence-electron chi connectivity index (χ4n) is 2.32. The van der Waals surface area contributed by atoms with Crippen LogP contribution in [0.25, 0.3) is 11.4 Å². The van der Waals surface area contributed by atoms with Gasteiger partial charge in [-0.2, -0.15) is 0 Å². The molecule has 1 saturated carbocycles. The molecule has 1 aliphatic rings. The lowest BCUT2D eigenvalue weighted by Gasteiger charge is -2.05. The summed E-state index contributed by atoms with van der Waals surface area (Å²) in [5.41, 5.74) is 16.2. The summed E-state index contributed by atoms with van der Waals surface area (Å²) in [6.45, 7) is 6.40. The number of pyridine rings is 1. The summed E-state index contributed by atoms with van der Waals surface area (Å²) >= 11 is 0. The van der Waals surface area contributed by atoms with Crippen LogP contribution in [0.4, 0.5) is 5.69 Å². The topological polar surface area (TPSA) is 112 Å². The van der Waals surface area contributed by atoms with Crippen molar-refractivity contribution in [1.82, 2.24) is 15.2 Å². The van der Waals surface area contributed by atoms with E-state index in [0.717, 1.165) is 23.5 Å². The van der Waals surface area contributed by atoms with Gasteiger partial charge in [0, 0.05) is 12.3 Å². The standard InChI is InChI=1S/C15H17N5O.C6H10.CH5N/c1-3-11-12(17-10-4-9-16)5-6-13(18-11)14-7-8-15(21-2)20-19-14;1-5(2)6-3-4-6;1-2/h4-10H,3,16H2,1-2H3;3-4H2,1-2H3;2H2,1H3/b9-4-,17-10?;;. The van der Waals surface area contributed by atoms with E-state index in [1.807, 2.05) is 25.1 Å². The minimum atomic E-state index is 0.476. The first-order valence-corrected chi connectivity index (χ1v) is 9.61. The van der Waals surface area contributed by atoms with Crippen LogP contribution in [0.3, 0.4) is 0 Å². The van der Waals surface area contributed by atoms with Crippen molar-refractivity contribution >= 4 is 11.9 Å². The number of aromatic nitrogens is 3. The van der Waals surface area contributed by atoms with E-state index in [1.165, 1.54) is 31.7 Å². The third kappa shape index (κ3) is 8.23. The second-order valence-electron chi connectivity index (χ2n) is 6.24. The van der Waals surface area contributed by atoms with E-state index < -0.39 is 0 Å². The fraction of sp³-hybridized carbons (Fsp3) is 0.364. The zero-order chi connectivity index (χ0) is 21.6. The molecule has 156 valence electrons. The summed E-state index contributed by atoms with van der Waals surface area (Å²) in [6.07, 6.45) is 8.27. The van der Waals surface area contributed by atoms with Gasteiger partial charge in [0.25, 0.3) is 0 Å². The Labute approximate surface area is 173 Å². The first-order chi connectivity index (χ1) is 14.1. The lowest BCUT2D eigenvalue weighted by molar-refractivity contribution is 0.392. The molecule has 29 heavy (non-hydrogen) atoms. The average Bonchev–Trinajstić information content (AvgIpc) is 3.62. The van der Waals surface area contributed by atoms with Gasteiger partial charge in [0.2, 0.25) is 5.88 Å². The average molecular weight is 397 g/mol. The number of hydrogen-bond donors (Lipinski definition) is 2. The molecule has 1 fully saturated rings. The minimum absolute atomic E-state index is 0.476. The number of nitrogens with zero attached hydrogens (tertiary/aromatic N) is 4. The Morgan fingerprint density at radius 2 is 1.79 bits per heavy atom. The molecule has 0 unspecified atom stereocenters. The first-order valence-electron chi connectivity index (χ1n) is 9.61. The number of nitrogens with two attached hydrogens (primary N) is 2. The molecule has 0 aromatic carbocycles. The Balaban J connectivity index is 0.000000442. The van der Waals surface area contributed by atoms with Gasteiger partial charge in [0.05, 0.1) is 24.2 Å². The number of methoxy groups -OCH3 is 1. The molecule has 0 atom stereocenters. The maximum Gasteiger partial charge on any atom is 0.233 e. The molecule has 2 heterocycles. The van der Waals surface area contributed by atoms with Crippen LogP contribution in [0.2, 0.25) is 0 Å². The molecule has 0 amide bonds. The highest BCUT2D eigenvalue weighted by molar-refractivity contribution is 5.75. The van der Waals surface area contributed by atoms with E-state index in [1.54, 1.807) is 31.0 Å². The molecule has 2 aromatic heterocycles. The Kier molecular flexibility index (Phi) is 10.9. The van der Waals surface area contributed by atoms with Gasteiger partial charge in [0.1, 0.15) is 5.69 Å². The largest absolute Gasteiger partial charge is 0.480 e. The lowest BCUT2D eigenvalue weighted by atomic mass is 10.2. The van der Waals surface area contributed by atoms with Gasteiger partial charge in [-0.05, 0) is 70.6 Å². The second kappa shape index (κ2) is 13.2. The van der Waals surface area contributed by atoms with Crippen molar-refractivity contribution < 1.29 is 4.74 Å². The predicted octanol–water partition coefficient (Wildman–Crippen LogP) is 3.98. The van der Waals surface area contributed by atoms with Crippen LogP contribution in [-0.4, -0.2) is 35.6 Å². The second-order valence-corrected chi connectivity index (χ2v) is 6.24. The van der Waals surface area contributed by atoms with Crippen LogP contribution < -0.4 is 16.2 Å². The van der Waals surface area contributed by atoms with Crippen molar-refractivity contribution in [3.63, 3.8) is 0 Å². The molecule has 4 N–H and O–H groups in total. The molecule has 7 heteroatoms. The van der Waals surface area contributed by atoms with Crippen LogP contribution in [0.5, 0.6) is 5.88 Å². The summed E-state index contributed by atoms with van der Waals surface area (Å²) in [6, 6.07) is 7.36. The van der Waals surface area contributed by atoms with E-state index >= 15 is 0 Å². The third-order valence-electron chi connectivity index (χ3n) is 4.01. The highest BCUT2D eigenvalue weighted by atomic mass is 16.5. The number of rotatable bonds is 5. The molecule has 1 aliphatic carbocycles. The fourth-order valence-corrected chi connectivity index (χ4v) is 2.32. The van der Waals surface area contributed by atoms with E-state index in [9.17, 15) is 0 Å². The molecule has 7 nitrogen and oxygen atoms in total. The molecule has 0 aliphatic heterocycles. The van der Waals surface area contributed by atoms with Crippen molar-refractivity contribution in [3.8, 4) is 17.3 Å². The van der Waals surface area contributed by atoms with Crippen molar-refractivity contribution in [2.45, 2.75) is 40.0 Å². The van der Waals surface area contributed by atoms with Gasteiger partial charge in [-0.1, -0.05) is 18.1 Å². The van der Waals surface area contributed by atoms with Gasteiger partial charge in [-0.15, -0.1) is 10.2 Å². The van der Waals surface area contributed by atoms with Crippen molar-refractivity contribution in [3.05, 3.63) is 53.4 Å². The molecule has 3 rings (SSSR count). The molecule has 0 spiro atoms. The van der Waals surface area contributed by atoms with Crippen molar-refractivity contribution in [2.75, 3.05) is 14.2 Å².